The summed E-state index contributed by atoms with van der Waals surface area (Å²) >= 11 is 0. The van der Waals surface area contributed by atoms with E-state index in [4.69, 9.17) is 9.98 Å². The molecule has 0 fully saturated rings. The Morgan fingerprint density at radius 2 is 1.10 bits per heavy atom. The van der Waals surface area contributed by atoms with Gasteiger partial charge in [-0.1, -0.05) is 5.57 Å². The molecule has 0 saturated heterocycles. The number of H-pyrrole nitrogens is 1. The average molecular weight is 657 g/mol. The number of carboxylic acids is 4. The number of aromatic nitrogens is 1. The maximum Gasteiger partial charge on any atom is 0.303 e. The number of aliphatic carboxylic acids is 4. The first-order valence-electron chi connectivity index (χ1n) is 16.0. The molecule has 6 N–H and O–H groups in total. The zero-order chi connectivity index (χ0) is 34.9. The maximum atomic E-state index is 11.6. The highest BCUT2D eigenvalue weighted by Gasteiger charge is 2.32. The summed E-state index contributed by atoms with van der Waals surface area (Å²) in [6.45, 7) is 7.67. The number of aromatic amines is 1. The second-order valence-electron chi connectivity index (χ2n) is 12.6. The minimum Gasteiger partial charge on any atom is -0.481 e. The van der Waals surface area contributed by atoms with Crippen LogP contribution in [0.15, 0.2) is 67.0 Å². The topological polar surface area (TPSA) is 202 Å². The Bertz CT molecular complexity index is 1960. The molecule has 48 heavy (non-hydrogen) atoms. The Labute approximate surface area is 277 Å². The van der Waals surface area contributed by atoms with Crippen LogP contribution in [0.4, 0.5) is 0 Å². The van der Waals surface area contributed by atoms with Crippen molar-refractivity contribution >= 4 is 47.5 Å². The Balaban J connectivity index is 1.78. The summed E-state index contributed by atoms with van der Waals surface area (Å²) in [5.74, 6) is -3.72. The third-order valence-electron chi connectivity index (χ3n) is 9.52. The number of nitrogens with zero attached hydrogens (tertiary/aromatic N) is 2. The molecule has 4 aliphatic rings. The zero-order valence-corrected chi connectivity index (χ0v) is 27.4. The summed E-state index contributed by atoms with van der Waals surface area (Å²) in [4.78, 5) is 59.8. The smallest absolute Gasteiger partial charge is 0.303 e. The number of carbonyl (C=O) groups is 4. The van der Waals surface area contributed by atoms with E-state index < -0.39 is 23.9 Å². The van der Waals surface area contributed by atoms with E-state index in [9.17, 15) is 39.6 Å². The number of fused-ring (bicyclic) bond motifs is 6. The van der Waals surface area contributed by atoms with Crippen molar-refractivity contribution in [2.45, 2.75) is 91.1 Å². The molecule has 1 aromatic heterocycles. The molecule has 0 saturated carbocycles. The third-order valence-corrected chi connectivity index (χ3v) is 9.52. The molecule has 2 unspecified atom stereocenters. The van der Waals surface area contributed by atoms with Crippen LogP contribution in [0, 0.1) is 6.92 Å². The minimum absolute atomic E-state index is 0.0494. The molecule has 5 heterocycles. The highest BCUT2D eigenvalue weighted by molar-refractivity contribution is 6.24. The summed E-state index contributed by atoms with van der Waals surface area (Å²) in [6.07, 6.45) is 8.37. The first kappa shape index (κ1) is 34.2. The van der Waals surface area contributed by atoms with Gasteiger partial charge in [0.15, 0.2) is 0 Å². The van der Waals surface area contributed by atoms with Crippen molar-refractivity contribution in [3.63, 3.8) is 0 Å². The van der Waals surface area contributed by atoms with Gasteiger partial charge in [0.1, 0.15) is 0 Å². The molecule has 0 radical (unpaired) electrons. The lowest BCUT2D eigenvalue weighted by atomic mass is 9.95. The summed E-state index contributed by atoms with van der Waals surface area (Å²) in [5, 5.41) is 43.0. The molecule has 4 aliphatic heterocycles. The van der Waals surface area contributed by atoms with Crippen LogP contribution in [0.1, 0.15) is 76.8 Å². The van der Waals surface area contributed by atoms with Gasteiger partial charge in [0.2, 0.25) is 0 Å². The number of aliphatic imine (C=N–C) groups is 2. The molecule has 0 aromatic carbocycles. The molecule has 12 heteroatoms. The van der Waals surface area contributed by atoms with Crippen LogP contribution < -0.4 is 16.0 Å². The second-order valence-corrected chi connectivity index (χ2v) is 12.6. The van der Waals surface area contributed by atoms with Crippen molar-refractivity contribution < 1.29 is 39.6 Å². The number of carboxylic acid groups (broad SMARTS) is 4. The second kappa shape index (κ2) is 13.9. The van der Waals surface area contributed by atoms with Crippen molar-refractivity contribution in [1.29, 1.82) is 0 Å². The Morgan fingerprint density at radius 1 is 0.646 bits per heavy atom. The van der Waals surface area contributed by atoms with Gasteiger partial charge in [0.25, 0.3) is 0 Å². The Morgan fingerprint density at radius 3 is 1.62 bits per heavy atom. The fourth-order valence-electron chi connectivity index (χ4n) is 6.78. The molecule has 0 amide bonds. The van der Waals surface area contributed by atoms with E-state index in [0.717, 1.165) is 44.6 Å². The SMILES string of the molecule is CC1=C(CCC(=O)O)C2=NC1=CC1NC(C=C3N=C(C=c4[nH]c(c(C)c4CCC(=O)O)=C2)C(CCC(=O)O)=C3C)C(C)=C1CCC(=O)O. The van der Waals surface area contributed by atoms with E-state index in [2.05, 4.69) is 10.3 Å². The van der Waals surface area contributed by atoms with Gasteiger partial charge in [-0.05, 0) is 117 Å². The van der Waals surface area contributed by atoms with Crippen LogP contribution in [-0.2, 0) is 25.6 Å². The number of rotatable bonds is 12. The van der Waals surface area contributed by atoms with E-state index in [1.807, 2.05) is 52.0 Å². The van der Waals surface area contributed by atoms with Gasteiger partial charge in [-0.25, -0.2) is 9.98 Å². The van der Waals surface area contributed by atoms with Gasteiger partial charge < -0.3 is 25.4 Å². The lowest BCUT2D eigenvalue weighted by molar-refractivity contribution is -0.138. The lowest BCUT2D eigenvalue weighted by Gasteiger charge is -2.14. The van der Waals surface area contributed by atoms with Crippen LogP contribution in [0.3, 0.4) is 0 Å². The summed E-state index contributed by atoms with van der Waals surface area (Å²) in [5.41, 5.74) is 9.23. The van der Waals surface area contributed by atoms with Crippen LogP contribution in [-0.4, -0.2) is 72.8 Å². The molecule has 8 bridgehead atoms. The fourth-order valence-corrected chi connectivity index (χ4v) is 6.78. The first-order chi connectivity index (χ1) is 22.7. The van der Waals surface area contributed by atoms with Gasteiger partial charge >= 0.3 is 23.9 Å². The standard InChI is InChI=1S/C36H40N4O8/c1-17-21(5-9-33(41)42)29-14-27-19(3)22(6-10-34(43)44)30(39-27)15-28-20(4)24(8-12-36(47)48)32(40-28)16-31-23(7-11-35(45)46)18(2)26(38-31)13-25(17)37-29/h13-16,25,29,37,40H,5-12H2,1-4H3,(H,41,42)(H,43,44)(H,45,46)(H,47,48). The maximum absolute atomic E-state index is 11.6. The lowest BCUT2D eigenvalue weighted by Crippen LogP contribution is -2.30. The molecular weight excluding hydrogens is 616 g/mol. The molecule has 12 nitrogen and oxygen atoms in total. The first-order valence-corrected chi connectivity index (χ1v) is 16.0. The molecule has 5 rings (SSSR count). The normalized spacial score (nSPS) is 20.2. The predicted molar refractivity (Wildman–Crippen MR) is 180 cm³/mol. The van der Waals surface area contributed by atoms with Crippen molar-refractivity contribution in [3.05, 3.63) is 78.8 Å². The van der Waals surface area contributed by atoms with Crippen LogP contribution in [0.2, 0.25) is 0 Å². The number of allylic oxidation sites excluding steroid dienone is 4. The van der Waals surface area contributed by atoms with Gasteiger partial charge in [-0.3, -0.25) is 24.5 Å². The summed E-state index contributed by atoms with van der Waals surface area (Å²) in [6, 6.07) is -0.642. The largest absolute Gasteiger partial charge is 0.481 e. The van der Waals surface area contributed by atoms with E-state index in [1.54, 1.807) is 0 Å². The molecule has 0 spiro atoms. The van der Waals surface area contributed by atoms with E-state index in [0.29, 0.717) is 39.9 Å². The van der Waals surface area contributed by atoms with Crippen molar-refractivity contribution in [3.8, 4) is 0 Å². The van der Waals surface area contributed by atoms with Gasteiger partial charge in [-0.2, -0.15) is 0 Å². The molecule has 2 atom stereocenters. The van der Waals surface area contributed by atoms with E-state index in [1.165, 1.54) is 0 Å². The van der Waals surface area contributed by atoms with Crippen LogP contribution in [0.25, 0.3) is 12.2 Å². The Kier molecular flexibility index (Phi) is 9.95. The molecule has 252 valence electrons. The van der Waals surface area contributed by atoms with E-state index in [-0.39, 0.29) is 57.0 Å². The fraction of sp³-hybridized carbons (Fsp3) is 0.389. The van der Waals surface area contributed by atoms with Crippen LogP contribution in [0.5, 0.6) is 0 Å². The summed E-state index contributed by atoms with van der Waals surface area (Å²) < 4.78 is 0. The molecule has 0 aliphatic carbocycles. The predicted octanol–water partition coefficient (Wildman–Crippen LogP) is 3.48. The highest BCUT2D eigenvalue weighted by atomic mass is 16.4. The van der Waals surface area contributed by atoms with Crippen LogP contribution >= 0.6 is 0 Å². The van der Waals surface area contributed by atoms with Crippen molar-refractivity contribution in [2.24, 2.45) is 9.98 Å². The molecule has 1 aromatic rings. The summed E-state index contributed by atoms with van der Waals surface area (Å²) in [7, 11) is 0. The average Bonchev–Trinajstić information content (AvgIpc) is 3.66. The van der Waals surface area contributed by atoms with Gasteiger partial charge in [0.05, 0.1) is 22.8 Å². The van der Waals surface area contributed by atoms with Gasteiger partial charge in [0, 0.05) is 48.5 Å². The van der Waals surface area contributed by atoms with Crippen molar-refractivity contribution in [2.75, 3.05) is 0 Å². The number of hydrogen-bond acceptors (Lipinski definition) is 7. The minimum atomic E-state index is -0.940. The quantitative estimate of drug-likeness (QED) is 0.182. The number of nitrogens with one attached hydrogen (secondary N) is 2. The zero-order valence-electron chi connectivity index (χ0n) is 27.4. The monoisotopic (exact) mass is 656 g/mol. The van der Waals surface area contributed by atoms with E-state index >= 15 is 0 Å². The molecular formula is C36H40N4O8. The third kappa shape index (κ3) is 7.23. The Hall–Kier alpha value is -5.10. The van der Waals surface area contributed by atoms with Gasteiger partial charge in [-0.15, -0.1) is 0 Å². The van der Waals surface area contributed by atoms with Crippen molar-refractivity contribution in [1.82, 2.24) is 10.3 Å². The number of hydrogen-bond donors (Lipinski definition) is 6. The highest BCUT2D eigenvalue weighted by Crippen LogP contribution is 2.35.